The zero-order chi connectivity index (χ0) is 10.7. The highest BCUT2D eigenvalue weighted by molar-refractivity contribution is 9.10. The molecule has 0 atom stereocenters. The minimum Gasteiger partial charge on any atom is -0.244 e. The summed E-state index contributed by atoms with van der Waals surface area (Å²) in [6.07, 6.45) is 4.11. The third kappa shape index (κ3) is 2.73. The number of aryl methyl sites for hydroxylation is 1. The van der Waals surface area contributed by atoms with E-state index in [4.69, 9.17) is 0 Å². The van der Waals surface area contributed by atoms with E-state index in [1.54, 1.807) is 6.20 Å². The summed E-state index contributed by atoms with van der Waals surface area (Å²) < 4.78 is 6.00. The first kappa shape index (κ1) is 11.0. The molecule has 2 aromatic rings. The van der Waals surface area contributed by atoms with E-state index in [-0.39, 0.29) is 0 Å². The molecule has 0 saturated heterocycles. The van der Waals surface area contributed by atoms with Crippen molar-refractivity contribution in [1.82, 2.24) is 19.3 Å². The number of aromatic nitrogens is 4. The van der Waals surface area contributed by atoms with Gasteiger partial charge in [0.25, 0.3) is 0 Å². The van der Waals surface area contributed by atoms with Gasteiger partial charge in [-0.1, -0.05) is 6.92 Å². The number of hydrogen-bond acceptors (Lipinski definition) is 6. The smallest absolute Gasteiger partial charge is 0.176 e. The molecule has 0 radical (unpaired) electrons. The van der Waals surface area contributed by atoms with Crippen LogP contribution in [0, 0.1) is 0 Å². The number of nitrogens with zero attached hydrogens (tertiary/aromatic N) is 4. The number of hydrogen-bond donors (Lipinski definition) is 0. The maximum atomic E-state index is 4.35. The van der Waals surface area contributed by atoms with Crippen molar-refractivity contribution in [2.24, 2.45) is 0 Å². The first-order valence-electron chi connectivity index (χ1n) is 4.25. The molecule has 15 heavy (non-hydrogen) atoms. The van der Waals surface area contributed by atoms with Crippen LogP contribution >= 0.6 is 39.2 Å². The van der Waals surface area contributed by atoms with Crippen LogP contribution in [0.5, 0.6) is 0 Å². The van der Waals surface area contributed by atoms with Crippen molar-refractivity contribution in [2.75, 3.05) is 0 Å². The summed E-state index contributed by atoms with van der Waals surface area (Å²) in [5.74, 6) is 0.882. The zero-order valence-corrected chi connectivity index (χ0v) is 11.1. The Balaban J connectivity index is 2.18. The van der Waals surface area contributed by atoms with Gasteiger partial charge in [0.15, 0.2) is 4.34 Å². The molecule has 0 aliphatic heterocycles. The fraction of sp³-hybridized carbons (Fsp3) is 0.250. The van der Waals surface area contributed by atoms with Gasteiger partial charge in [0.05, 0.1) is 4.47 Å². The maximum absolute atomic E-state index is 4.35. The van der Waals surface area contributed by atoms with E-state index in [1.807, 2.05) is 6.92 Å². The highest BCUT2D eigenvalue weighted by Crippen LogP contribution is 2.31. The van der Waals surface area contributed by atoms with Crippen molar-refractivity contribution in [3.63, 3.8) is 0 Å². The Bertz CT molecular complexity index is 459. The SMILES string of the molecule is CCc1nsc(Sc2ncncc2Br)n1. The summed E-state index contributed by atoms with van der Waals surface area (Å²) >= 11 is 6.28. The average Bonchev–Trinajstić information content (AvgIpc) is 2.69. The zero-order valence-electron chi connectivity index (χ0n) is 7.85. The van der Waals surface area contributed by atoms with E-state index in [1.165, 1.54) is 29.6 Å². The second-order valence-electron chi connectivity index (χ2n) is 2.61. The lowest BCUT2D eigenvalue weighted by Gasteiger charge is -1.97. The third-order valence-electron chi connectivity index (χ3n) is 1.58. The summed E-state index contributed by atoms with van der Waals surface area (Å²) in [7, 11) is 0. The van der Waals surface area contributed by atoms with E-state index in [2.05, 4.69) is 35.3 Å². The van der Waals surface area contributed by atoms with Gasteiger partial charge in [0, 0.05) is 12.6 Å². The van der Waals surface area contributed by atoms with Crippen LogP contribution in [0.25, 0.3) is 0 Å². The van der Waals surface area contributed by atoms with E-state index in [0.29, 0.717) is 0 Å². The molecule has 7 heteroatoms. The van der Waals surface area contributed by atoms with Crippen LogP contribution in [0.1, 0.15) is 12.7 Å². The van der Waals surface area contributed by atoms with Crippen molar-refractivity contribution in [3.05, 3.63) is 22.8 Å². The summed E-state index contributed by atoms with van der Waals surface area (Å²) in [4.78, 5) is 12.4. The lowest BCUT2D eigenvalue weighted by atomic mass is 10.5. The van der Waals surface area contributed by atoms with Crippen LogP contribution in [0.15, 0.2) is 26.4 Å². The van der Waals surface area contributed by atoms with E-state index >= 15 is 0 Å². The lowest BCUT2D eigenvalue weighted by Crippen LogP contribution is -1.84. The quantitative estimate of drug-likeness (QED) is 0.816. The Morgan fingerprint density at radius 3 is 3.07 bits per heavy atom. The van der Waals surface area contributed by atoms with Crippen LogP contribution in [-0.2, 0) is 6.42 Å². The molecule has 0 fully saturated rings. The predicted octanol–water partition coefficient (Wildman–Crippen LogP) is 2.80. The molecular formula is C8H7BrN4S2. The number of halogens is 1. The molecule has 0 aliphatic rings. The summed E-state index contributed by atoms with van der Waals surface area (Å²) in [5, 5.41) is 0.865. The lowest BCUT2D eigenvalue weighted by molar-refractivity contribution is 0.967. The molecule has 0 unspecified atom stereocenters. The molecule has 78 valence electrons. The normalized spacial score (nSPS) is 10.5. The second-order valence-corrected chi connectivity index (χ2v) is 5.45. The van der Waals surface area contributed by atoms with E-state index in [0.717, 1.165) is 26.1 Å². The van der Waals surface area contributed by atoms with Crippen molar-refractivity contribution < 1.29 is 0 Å². The summed E-state index contributed by atoms with van der Waals surface area (Å²) in [6, 6.07) is 0. The van der Waals surface area contributed by atoms with Gasteiger partial charge in [-0.25, -0.2) is 15.0 Å². The van der Waals surface area contributed by atoms with Crippen LogP contribution in [-0.4, -0.2) is 19.3 Å². The molecule has 0 aromatic carbocycles. The Hall–Kier alpha value is -0.530. The molecule has 4 nitrogen and oxygen atoms in total. The Morgan fingerprint density at radius 2 is 2.40 bits per heavy atom. The van der Waals surface area contributed by atoms with Gasteiger partial charge in [-0.2, -0.15) is 4.37 Å². The average molecular weight is 303 g/mol. The van der Waals surface area contributed by atoms with Crippen molar-refractivity contribution in [1.29, 1.82) is 0 Å². The maximum Gasteiger partial charge on any atom is 0.176 e. The predicted molar refractivity (Wildman–Crippen MR) is 63.1 cm³/mol. The Kier molecular flexibility index (Phi) is 3.66. The molecule has 0 N–H and O–H groups in total. The van der Waals surface area contributed by atoms with E-state index < -0.39 is 0 Å². The Labute approximate surface area is 104 Å². The van der Waals surface area contributed by atoms with Crippen LogP contribution in [0.3, 0.4) is 0 Å². The first-order valence-corrected chi connectivity index (χ1v) is 6.64. The van der Waals surface area contributed by atoms with Gasteiger partial charge in [-0.05, 0) is 39.2 Å². The number of rotatable bonds is 3. The van der Waals surface area contributed by atoms with Crippen LogP contribution in [0.4, 0.5) is 0 Å². The fourth-order valence-corrected chi connectivity index (χ4v) is 2.91. The van der Waals surface area contributed by atoms with Crippen molar-refractivity contribution in [2.45, 2.75) is 22.7 Å². The molecule has 2 aromatic heterocycles. The molecular weight excluding hydrogens is 296 g/mol. The molecule has 2 heterocycles. The summed E-state index contributed by atoms with van der Waals surface area (Å²) in [6.45, 7) is 2.04. The first-order chi connectivity index (χ1) is 7.29. The van der Waals surface area contributed by atoms with Crippen LogP contribution < -0.4 is 0 Å². The van der Waals surface area contributed by atoms with Gasteiger partial charge >= 0.3 is 0 Å². The van der Waals surface area contributed by atoms with Gasteiger partial charge in [-0.15, -0.1) is 0 Å². The monoisotopic (exact) mass is 302 g/mol. The second kappa shape index (κ2) is 5.00. The fourth-order valence-electron chi connectivity index (χ4n) is 0.882. The van der Waals surface area contributed by atoms with Crippen molar-refractivity contribution in [3.8, 4) is 0 Å². The molecule has 0 spiro atoms. The third-order valence-corrected chi connectivity index (χ3v) is 4.23. The molecule has 2 rings (SSSR count). The Morgan fingerprint density at radius 1 is 1.53 bits per heavy atom. The summed E-state index contributed by atoms with van der Waals surface area (Å²) in [5.41, 5.74) is 0. The largest absolute Gasteiger partial charge is 0.244 e. The van der Waals surface area contributed by atoms with Gasteiger partial charge < -0.3 is 0 Å². The van der Waals surface area contributed by atoms with E-state index in [9.17, 15) is 0 Å². The molecule has 0 saturated carbocycles. The van der Waals surface area contributed by atoms with Crippen LogP contribution in [0.2, 0.25) is 0 Å². The molecule has 0 aliphatic carbocycles. The highest BCUT2D eigenvalue weighted by Gasteiger charge is 2.08. The molecule has 0 amide bonds. The highest BCUT2D eigenvalue weighted by atomic mass is 79.9. The minimum absolute atomic E-state index is 0.863. The standard InChI is InChI=1S/C8H7BrN4S2/c1-2-6-12-8(15-13-6)14-7-5(9)3-10-4-11-7/h3-4H,2H2,1H3. The van der Waals surface area contributed by atoms with Gasteiger partial charge in [0.1, 0.15) is 17.2 Å². The van der Waals surface area contributed by atoms with Gasteiger partial charge in [0.2, 0.25) is 0 Å². The van der Waals surface area contributed by atoms with Gasteiger partial charge in [-0.3, -0.25) is 0 Å². The molecule has 0 bridgehead atoms. The van der Waals surface area contributed by atoms with Crippen molar-refractivity contribution >= 4 is 39.2 Å². The topological polar surface area (TPSA) is 51.6 Å². The minimum atomic E-state index is 0.863.